The van der Waals surface area contributed by atoms with Crippen molar-refractivity contribution in [1.29, 1.82) is 0 Å². The molecule has 2 heteroatoms. The van der Waals surface area contributed by atoms with E-state index in [1.165, 1.54) is 14.6 Å². The Labute approximate surface area is 87.9 Å². The summed E-state index contributed by atoms with van der Waals surface area (Å²) in [5.41, 5.74) is 0. The van der Waals surface area contributed by atoms with E-state index in [0.717, 1.165) is 0 Å². The Bertz CT molecular complexity index is 331. The minimum atomic E-state index is 1.38. The van der Waals surface area contributed by atoms with Gasteiger partial charge in [0.2, 0.25) is 0 Å². The standard InChI is InChI=1S/C9H8S2.C2H6/c1-7-4-5-9(11-7)8-3-2-6-10-8;1-2/h2-6H,1H3;1-2H3. The number of hydrogen-bond donors (Lipinski definition) is 0. The van der Waals surface area contributed by atoms with E-state index < -0.39 is 0 Å². The first-order chi connectivity index (χ1) is 6.36. The maximum absolute atomic E-state index is 2.19. The second-order valence-electron chi connectivity index (χ2n) is 2.39. The fourth-order valence-electron chi connectivity index (χ4n) is 0.986. The Morgan fingerprint density at radius 1 is 1.00 bits per heavy atom. The number of hydrogen-bond acceptors (Lipinski definition) is 2. The molecule has 0 atom stereocenters. The highest BCUT2D eigenvalue weighted by Crippen LogP contribution is 2.30. The van der Waals surface area contributed by atoms with E-state index in [9.17, 15) is 0 Å². The fourth-order valence-corrected chi connectivity index (χ4v) is 2.69. The van der Waals surface area contributed by atoms with E-state index in [1.807, 2.05) is 25.2 Å². The molecule has 2 heterocycles. The van der Waals surface area contributed by atoms with Gasteiger partial charge in [0, 0.05) is 14.6 Å². The molecule has 2 rings (SSSR count). The second-order valence-corrected chi connectivity index (χ2v) is 4.62. The van der Waals surface area contributed by atoms with Crippen molar-refractivity contribution >= 4 is 22.7 Å². The molecule has 70 valence electrons. The van der Waals surface area contributed by atoms with Crippen molar-refractivity contribution in [2.24, 2.45) is 0 Å². The van der Waals surface area contributed by atoms with Gasteiger partial charge in [0.25, 0.3) is 0 Å². The lowest BCUT2D eigenvalue weighted by molar-refractivity contribution is 1.50. The number of aryl methyl sites for hydroxylation is 1. The van der Waals surface area contributed by atoms with Gasteiger partial charge in [-0.25, -0.2) is 0 Å². The molecule has 0 nitrogen and oxygen atoms in total. The average molecular weight is 210 g/mol. The lowest BCUT2D eigenvalue weighted by atomic mass is 10.4. The minimum Gasteiger partial charge on any atom is -0.143 e. The summed E-state index contributed by atoms with van der Waals surface area (Å²) in [5.74, 6) is 0. The largest absolute Gasteiger partial charge is 0.143 e. The molecule has 0 aromatic carbocycles. The van der Waals surface area contributed by atoms with Crippen molar-refractivity contribution in [3.8, 4) is 9.75 Å². The first-order valence-electron chi connectivity index (χ1n) is 4.46. The molecule has 13 heavy (non-hydrogen) atoms. The van der Waals surface area contributed by atoms with Gasteiger partial charge in [-0.15, -0.1) is 22.7 Å². The monoisotopic (exact) mass is 210 g/mol. The molecule has 0 N–H and O–H groups in total. The van der Waals surface area contributed by atoms with Crippen molar-refractivity contribution in [2.45, 2.75) is 20.8 Å². The molecule has 0 aliphatic heterocycles. The molecule has 0 bridgehead atoms. The van der Waals surface area contributed by atoms with E-state index in [-0.39, 0.29) is 0 Å². The summed E-state index contributed by atoms with van der Waals surface area (Å²) in [6.45, 7) is 6.14. The molecule has 0 unspecified atom stereocenters. The van der Waals surface area contributed by atoms with Gasteiger partial charge in [-0.2, -0.15) is 0 Å². The topological polar surface area (TPSA) is 0 Å². The molecule has 0 fully saturated rings. The van der Waals surface area contributed by atoms with Gasteiger partial charge < -0.3 is 0 Å². The Hall–Kier alpha value is -0.600. The predicted octanol–water partition coefficient (Wildman–Crippen LogP) is 4.81. The molecule has 0 saturated heterocycles. The van der Waals surface area contributed by atoms with Crippen LogP contribution in [0.25, 0.3) is 9.75 Å². The van der Waals surface area contributed by atoms with Gasteiger partial charge in [0.1, 0.15) is 0 Å². The summed E-state index contributed by atoms with van der Waals surface area (Å²) in [6, 6.07) is 8.61. The lowest BCUT2D eigenvalue weighted by Crippen LogP contribution is -1.55. The molecule has 0 radical (unpaired) electrons. The molecule has 2 aromatic heterocycles. The summed E-state index contributed by atoms with van der Waals surface area (Å²) in [7, 11) is 0. The highest BCUT2D eigenvalue weighted by Gasteiger charge is 1.99. The summed E-state index contributed by atoms with van der Waals surface area (Å²) >= 11 is 3.66. The van der Waals surface area contributed by atoms with Gasteiger partial charge in [0.15, 0.2) is 0 Å². The molecule has 2 aromatic rings. The van der Waals surface area contributed by atoms with Crippen LogP contribution in [0.3, 0.4) is 0 Å². The second kappa shape index (κ2) is 5.20. The van der Waals surface area contributed by atoms with Gasteiger partial charge in [-0.1, -0.05) is 19.9 Å². The quantitative estimate of drug-likeness (QED) is 0.633. The van der Waals surface area contributed by atoms with E-state index >= 15 is 0 Å². The molecular weight excluding hydrogens is 196 g/mol. The summed E-state index contributed by atoms with van der Waals surface area (Å²) in [4.78, 5) is 4.15. The van der Waals surface area contributed by atoms with Gasteiger partial charge in [0.05, 0.1) is 0 Å². The van der Waals surface area contributed by atoms with Crippen molar-refractivity contribution < 1.29 is 0 Å². The molecule has 0 amide bonds. The third kappa shape index (κ3) is 2.68. The van der Waals surface area contributed by atoms with E-state index in [0.29, 0.717) is 0 Å². The predicted molar refractivity (Wildman–Crippen MR) is 63.7 cm³/mol. The molecule has 0 aliphatic rings. The van der Waals surface area contributed by atoms with Crippen LogP contribution in [-0.4, -0.2) is 0 Å². The van der Waals surface area contributed by atoms with Crippen molar-refractivity contribution in [3.63, 3.8) is 0 Å². The van der Waals surface area contributed by atoms with Crippen LogP contribution in [0.15, 0.2) is 29.6 Å². The minimum absolute atomic E-state index is 1.38. The smallest absolute Gasteiger partial charge is 0.0445 e. The lowest BCUT2D eigenvalue weighted by Gasteiger charge is -1.86. The van der Waals surface area contributed by atoms with Crippen molar-refractivity contribution in [1.82, 2.24) is 0 Å². The summed E-state index contributed by atoms with van der Waals surface area (Å²) in [5, 5.41) is 2.12. The maximum Gasteiger partial charge on any atom is 0.0445 e. The van der Waals surface area contributed by atoms with Gasteiger partial charge >= 0.3 is 0 Å². The zero-order chi connectivity index (χ0) is 9.68. The highest BCUT2D eigenvalue weighted by molar-refractivity contribution is 7.21. The zero-order valence-electron chi connectivity index (χ0n) is 8.20. The first kappa shape index (κ1) is 10.5. The fraction of sp³-hybridized carbons (Fsp3) is 0.273. The SMILES string of the molecule is CC.Cc1ccc(-c2cccs2)s1. The van der Waals surface area contributed by atoms with Crippen LogP contribution in [-0.2, 0) is 0 Å². The van der Waals surface area contributed by atoms with Crippen molar-refractivity contribution in [3.05, 3.63) is 34.5 Å². The summed E-state index contributed by atoms with van der Waals surface area (Å²) in [6.07, 6.45) is 0. The van der Waals surface area contributed by atoms with Gasteiger partial charge in [-0.05, 0) is 30.5 Å². The summed E-state index contributed by atoms with van der Waals surface area (Å²) < 4.78 is 0. The van der Waals surface area contributed by atoms with E-state index in [4.69, 9.17) is 0 Å². The first-order valence-corrected chi connectivity index (χ1v) is 6.16. The van der Waals surface area contributed by atoms with Crippen LogP contribution in [0.4, 0.5) is 0 Å². The Morgan fingerprint density at radius 3 is 2.23 bits per heavy atom. The van der Waals surface area contributed by atoms with Crippen LogP contribution in [0.1, 0.15) is 18.7 Å². The van der Waals surface area contributed by atoms with Crippen LogP contribution in [0, 0.1) is 6.92 Å². The normalized spacial score (nSPS) is 9.15. The van der Waals surface area contributed by atoms with E-state index in [1.54, 1.807) is 11.3 Å². The average Bonchev–Trinajstić information content (AvgIpc) is 2.77. The Kier molecular flexibility index (Phi) is 4.19. The third-order valence-corrected chi connectivity index (χ3v) is 3.57. The molecule has 0 aliphatic carbocycles. The molecular formula is C11H14S2. The Balaban J connectivity index is 0.000000396. The Morgan fingerprint density at radius 2 is 1.77 bits per heavy atom. The molecule has 0 spiro atoms. The highest BCUT2D eigenvalue weighted by atomic mass is 32.1. The van der Waals surface area contributed by atoms with Crippen molar-refractivity contribution in [2.75, 3.05) is 0 Å². The maximum atomic E-state index is 2.19. The van der Waals surface area contributed by atoms with Crippen LogP contribution >= 0.6 is 22.7 Å². The van der Waals surface area contributed by atoms with Crippen LogP contribution in [0.5, 0.6) is 0 Å². The van der Waals surface area contributed by atoms with Gasteiger partial charge in [-0.3, -0.25) is 0 Å². The number of rotatable bonds is 1. The molecule has 0 saturated carbocycles. The third-order valence-electron chi connectivity index (χ3n) is 1.50. The number of thiophene rings is 2. The van der Waals surface area contributed by atoms with E-state index in [2.05, 4.69) is 36.6 Å². The van der Waals surface area contributed by atoms with Crippen LogP contribution < -0.4 is 0 Å². The zero-order valence-corrected chi connectivity index (χ0v) is 9.84. The van der Waals surface area contributed by atoms with Crippen LogP contribution in [0.2, 0.25) is 0 Å².